The third-order valence-electron chi connectivity index (χ3n) is 1.80. The van der Waals surface area contributed by atoms with Gasteiger partial charge in [0.2, 0.25) is 5.95 Å². The van der Waals surface area contributed by atoms with Crippen molar-refractivity contribution in [2.75, 3.05) is 5.32 Å². The van der Waals surface area contributed by atoms with E-state index in [2.05, 4.69) is 53.8 Å². The van der Waals surface area contributed by atoms with Crippen molar-refractivity contribution in [3.63, 3.8) is 0 Å². The fourth-order valence-electron chi connectivity index (χ4n) is 1.08. The summed E-state index contributed by atoms with van der Waals surface area (Å²) in [6.45, 7) is 0. The van der Waals surface area contributed by atoms with E-state index in [9.17, 15) is 0 Å². The maximum absolute atomic E-state index is 5.98. The van der Waals surface area contributed by atoms with Crippen LogP contribution in [0.25, 0.3) is 0 Å². The van der Waals surface area contributed by atoms with Crippen LogP contribution >= 0.6 is 50.1 Å². The van der Waals surface area contributed by atoms with E-state index in [1.165, 1.54) is 0 Å². The second-order valence-corrected chi connectivity index (χ2v) is 5.49. The molecule has 0 aliphatic carbocycles. The van der Waals surface area contributed by atoms with Crippen LogP contribution in [0.4, 0.5) is 11.6 Å². The lowest BCUT2D eigenvalue weighted by Crippen LogP contribution is -1.96. The molecule has 6 heteroatoms. The van der Waals surface area contributed by atoms with Crippen molar-refractivity contribution >= 4 is 61.8 Å². The Labute approximate surface area is 120 Å². The molecule has 0 bridgehead atoms. The number of rotatable bonds is 2. The van der Waals surface area contributed by atoms with Crippen LogP contribution in [-0.4, -0.2) is 9.97 Å². The maximum atomic E-state index is 5.98. The Kier molecular flexibility index (Phi) is 3.99. The number of nitrogens with one attached hydrogen (secondary N) is 1. The molecule has 2 rings (SSSR count). The molecule has 0 aliphatic rings. The van der Waals surface area contributed by atoms with Gasteiger partial charge in [0.05, 0.1) is 5.02 Å². The quantitative estimate of drug-likeness (QED) is 0.753. The molecule has 1 aromatic heterocycles. The van der Waals surface area contributed by atoms with Gasteiger partial charge >= 0.3 is 0 Å². The predicted octanol–water partition coefficient (Wildman–Crippen LogP) is 4.24. The van der Waals surface area contributed by atoms with E-state index in [0.29, 0.717) is 11.0 Å². The van der Waals surface area contributed by atoms with Crippen LogP contribution < -0.4 is 5.32 Å². The smallest absolute Gasteiger partial charge is 0.227 e. The van der Waals surface area contributed by atoms with Crippen molar-refractivity contribution in [2.45, 2.75) is 0 Å². The van der Waals surface area contributed by atoms with Crippen molar-refractivity contribution in [2.24, 2.45) is 0 Å². The normalized spacial score (nSPS) is 10.2. The highest BCUT2D eigenvalue weighted by Gasteiger charge is 2.01. The first-order chi connectivity index (χ1) is 7.65. The Bertz CT molecular complexity index is 504. The Hall–Kier alpha value is -0.400. The minimum atomic E-state index is 0.554. The van der Waals surface area contributed by atoms with Crippen LogP contribution in [0, 0.1) is 3.57 Å². The summed E-state index contributed by atoms with van der Waals surface area (Å²) < 4.78 is 1.86. The molecule has 0 amide bonds. The standard InChI is InChI=1S/C10H6BrClIN3/c11-8-2-1-7(3-9(8)12)16-10-14-4-6(13)5-15-10/h1-5H,(H,14,15,16). The lowest BCUT2D eigenvalue weighted by Gasteiger charge is -2.05. The number of aromatic nitrogens is 2. The zero-order valence-corrected chi connectivity index (χ0v) is 12.4. The van der Waals surface area contributed by atoms with Crippen LogP contribution in [0.15, 0.2) is 35.1 Å². The summed E-state index contributed by atoms with van der Waals surface area (Å²) in [7, 11) is 0. The van der Waals surface area contributed by atoms with Crippen molar-refractivity contribution in [1.29, 1.82) is 0 Å². The Morgan fingerprint density at radius 3 is 2.56 bits per heavy atom. The number of hydrogen-bond acceptors (Lipinski definition) is 3. The van der Waals surface area contributed by atoms with E-state index in [0.717, 1.165) is 13.7 Å². The third kappa shape index (κ3) is 3.05. The fraction of sp³-hybridized carbons (Fsp3) is 0. The topological polar surface area (TPSA) is 37.8 Å². The monoisotopic (exact) mass is 409 g/mol. The molecule has 1 aromatic carbocycles. The van der Waals surface area contributed by atoms with Gasteiger partial charge in [0.15, 0.2) is 0 Å². The van der Waals surface area contributed by atoms with E-state index in [-0.39, 0.29) is 0 Å². The molecule has 0 saturated heterocycles. The van der Waals surface area contributed by atoms with Gasteiger partial charge in [-0.1, -0.05) is 11.6 Å². The van der Waals surface area contributed by atoms with E-state index >= 15 is 0 Å². The highest BCUT2D eigenvalue weighted by molar-refractivity contribution is 14.1. The minimum Gasteiger partial charge on any atom is -0.324 e. The van der Waals surface area contributed by atoms with Gasteiger partial charge in [0, 0.05) is 26.1 Å². The molecule has 0 unspecified atom stereocenters. The molecule has 82 valence electrons. The van der Waals surface area contributed by atoms with Crippen molar-refractivity contribution in [3.8, 4) is 0 Å². The molecule has 0 fully saturated rings. The molecule has 1 N–H and O–H groups in total. The molecule has 0 spiro atoms. The van der Waals surface area contributed by atoms with Crippen molar-refractivity contribution in [1.82, 2.24) is 9.97 Å². The first-order valence-electron chi connectivity index (χ1n) is 4.35. The average Bonchev–Trinajstić information content (AvgIpc) is 2.27. The molecular formula is C10H6BrClIN3. The van der Waals surface area contributed by atoms with Crippen molar-refractivity contribution < 1.29 is 0 Å². The maximum Gasteiger partial charge on any atom is 0.227 e. The van der Waals surface area contributed by atoms with Gasteiger partial charge in [-0.15, -0.1) is 0 Å². The summed E-state index contributed by atoms with van der Waals surface area (Å²) in [6, 6.07) is 5.58. The van der Waals surface area contributed by atoms with E-state index < -0.39 is 0 Å². The first kappa shape index (κ1) is 12.1. The van der Waals surface area contributed by atoms with Gasteiger partial charge < -0.3 is 5.32 Å². The highest BCUT2D eigenvalue weighted by atomic mass is 127. The SMILES string of the molecule is Clc1cc(Nc2ncc(I)cn2)ccc1Br. The van der Waals surface area contributed by atoms with Crippen LogP contribution in [0.1, 0.15) is 0 Å². The van der Waals surface area contributed by atoms with Crippen molar-refractivity contribution in [3.05, 3.63) is 43.7 Å². The zero-order chi connectivity index (χ0) is 11.5. The second-order valence-electron chi connectivity index (χ2n) is 2.98. The van der Waals surface area contributed by atoms with Gasteiger partial charge in [-0.2, -0.15) is 0 Å². The number of anilines is 2. The van der Waals surface area contributed by atoms with E-state index in [1.54, 1.807) is 12.4 Å². The predicted molar refractivity (Wildman–Crippen MR) is 77.2 cm³/mol. The molecule has 0 radical (unpaired) electrons. The van der Waals surface area contributed by atoms with Crippen LogP contribution in [0.3, 0.4) is 0 Å². The van der Waals surface area contributed by atoms with Gasteiger partial charge in [-0.25, -0.2) is 9.97 Å². The summed E-state index contributed by atoms with van der Waals surface area (Å²) >= 11 is 11.5. The van der Waals surface area contributed by atoms with Gasteiger partial charge in [-0.05, 0) is 56.7 Å². The number of halogens is 3. The van der Waals surface area contributed by atoms with Crippen LogP contribution in [-0.2, 0) is 0 Å². The number of nitrogens with zero attached hydrogens (tertiary/aromatic N) is 2. The minimum absolute atomic E-state index is 0.554. The summed E-state index contributed by atoms with van der Waals surface area (Å²) in [4.78, 5) is 8.28. The lowest BCUT2D eigenvalue weighted by molar-refractivity contribution is 1.15. The van der Waals surface area contributed by atoms with Gasteiger partial charge in [0.25, 0.3) is 0 Å². The Balaban J connectivity index is 2.20. The zero-order valence-electron chi connectivity index (χ0n) is 7.92. The summed E-state index contributed by atoms with van der Waals surface area (Å²) in [5.41, 5.74) is 0.856. The lowest BCUT2D eigenvalue weighted by atomic mass is 10.3. The summed E-state index contributed by atoms with van der Waals surface area (Å²) in [6.07, 6.45) is 3.49. The summed E-state index contributed by atoms with van der Waals surface area (Å²) in [5, 5.41) is 3.72. The molecular weight excluding hydrogens is 404 g/mol. The number of benzene rings is 1. The Morgan fingerprint density at radius 2 is 1.94 bits per heavy atom. The molecule has 16 heavy (non-hydrogen) atoms. The largest absolute Gasteiger partial charge is 0.324 e. The molecule has 1 heterocycles. The number of hydrogen-bond donors (Lipinski definition) is 1. The first-order valence-corrected chi connectivity index (χ1v) is 6.60. The molecule has 0 atom stereocenters. The van der Waals surface area contributed by atoms with Gasteiger partial charge in [-0.3, -0.25) is 0 Å². The molecule has 0 aliphatic heterocycles. The highest BCUT2D eigenvalue weighted by Crippen LogP contribution is 2.26. The molecule has 2 aromatic rings. The summed E-state index contributed by atoms with van der Waals surface area (Å²) in [5.74, 6) is 0.554. The third-order valence-corrected chi connectivity index (χ3v) is 3.59. The van der Waals surface area contributed by atoms with Crippen LogP contribution in [0.5, 0.6) is 0 Å². The van der Waals surface area contributed by atoms with E-state index in [4.69, 9.17) is 11.6 Å². The molecule has 0 saturated carbocycles. The molecule has 3 nitrogen and oxygen atoms in total. The Morgan fingerprint density at radius 1 is 1.25 bits per heavy atom. The fourth-order valence-corrected chi connectivity index (χ4v) is 1.79. The average molecular weight is 410 g/mol. The second kappa shape index (κ2) is 5.29. The van der Waals surface area contributed by atoms with E-state index in [1.807, 2.05) is 18.2 Å². The van der Waals surface area contributed by atoms with Gasteiger partial charge in [0.1, 0.15) is 0 Å². The van der Waals surface area contributed by atoms with Crippen LogP contribution in [0.2, 0.25) is 5.02 Å².